The number of halogens is 5. The molecule has 1 aliphatic rings. The van der Waals surface area contributed by atoms with Crippen LogP contribution >= 0.6 is 11.8 Å². The molecule has 51 heavy (non-hydrogen) atoms. The summed E-state index contributed by atoms with van der Waals surface area (Å²) in [7, 11) is 3.06. The lowest BCUT2D eigenvalue weighted by Gasteiger charge is -2.43. The maximum absolute atomic E-state index is 13.1. The van der Waals surface area contributed by atoms with Crippen molar-refractivity contribution in [2.45, 2.75) is 88.1 Å². The number of hydrogen-bond donors (Lipinski definition) is 2. The van der Waals surface area contributed by atoms with Crippen LogP contribution in [-0.2, 0) is 24.5 Å². The smallest absolute Gasteiger partial charge is 0.453 e. The van der Waals surface area contributed by atoms with Crippen LogP contribution in [0.3, 0.4) is 0 Å². The van der Waals surface area contributed by atoms with Gasteiger partial charge in [0, 0.05) is 38.0 Å². The number of alkyl halides is 5. The Morgan fingerprint density at radius 2 is 1.39 bits per heavy atom. The van der Waals surface area contributed by atoms with Crippen LogP contribution in [0.5, 0.6) is 17.2 Å². The number of hydrogen-bond acceptors (Lipinski definition) is 8. The number of thioether (sulfide) groups is 1. The van der Waals surface area contributed by atoms with Gasteiger partial charge in [-0.15, -0.1) is 0 Å². The molecular weight excluding hydrogens is 703 g/mol. The summed E-state index contributed by atoms with van der Waals surface area (Å²) in [4.78, 5) is 24.8. The van der Waals surface area contributed by atoms with Crippen molar-refractivity contribution < 1.29 is 65.4 Å². The fraction of sp³-hybridized carbons (Fsp3) is 0.611. The fourth-order valence-electron chi connectivity index (χ4n) is 6.32. The summed E-state index contributed by atoms with van der Waals surface area (Å²) in [5.74, 6) is -5.36. The first kappa shape index (κ1) is 42.1. The van der Waals surface area contributed by atoms with E-state index >= 15 is 0 Å². The van der Waals surface area contributed by atoms with Crippen molar-refractivity contribution in [1.29, 1.82) is 0 Å². The molecule has 0 amide bonds. The minimum absolute atomic E-state index is 0.0675. The Labute approximate surface area is 299 Å². The highest BCUT2D eigenvalue weighted by Gasteiger charge is 2.56. The van der Waals surface area contributed by atoms with E-state index in [0.717, 1.165) is 11.1 Å². The number of aliphatic carboxylic acids is 2. The summed E-state index contributed by atoms with van der Waals surface area (Å²) in [6.07, 6.45) is -5.37. The van der Waals surface area contributed by atoms with E-state index < -0.39 is 41.3 Å². The first-order valence-electron chi connectivity index (χ1n) is 16.7. The Kier molecular flexibility index (Phi) is 15.7. The summed E-state index contributed by atoms with van der Waals surface area (Å²) in [6, 6.07) is 13.2. The number of carbonyl (C=O) groups is 2. The van der Waals surface area contributed by atoms with Crippen molar-refractivity contribution >= 4 is 23.7 Å². The van der Waals surface area contributed by atoms with Crippen LogP contribution in [0.1, 0.15) is 81.8 Å². The van der Waals surface area contributed by atoms with Crippen molar-refractivity contribution in [3.8, 4) is 17.2 Å². The molecule has 2 N–H and O–H groups in total. The van der Waals surface area contributed by atoms with E-state index in [1.165, 1.54) is 26.0 Å². The summed E-state index contributed by atoms with van der Waals surface area (Å²) in [5.41, 5.74) is -0.573. The molecular formula is C36H47F5O9S. The molecule has 0 bridgehead atoms. The number of ether oxygens (including phenoxy) is 5. The Morgan fingerprint density at radius 1 is 0.824 bits per heavy atom. The van der Waals surface area contributed by atoms with Crippen LogP contribution in [0.25, 0.3) is 0 Å². The van der Waals surface area contributed by atoms with Gasteiger partial charge in [-0.05, 0) is 72.9 Å². The van der Waals surface area contributed by atoms with Crippen LogP contribution in [0.15, 0.2) is 42.5 Å². The lowest BCUT2D eigenvalue weighted by molar-refractivity contribution is -0.284. The minimum Gasteiger partial charge on any atom is -0.492 e. The van der Waals surface area contributed by atoms with Gasteiger partial charge in [0.2, 0.25) is 0 Å². The van der Waals surface area contributed by atoms with Crippen LogP contribution in [0, 0.1) is 5.41 Å². The van der Waals surface area contributed by atoms with E-state index in [9.17, 15) is 41.8 Å². The standard InChI is InChI=1S/C36H47F5O9S/c1-33(25-10-12-26(13-11-25)49-23-46-2)22-48-30-21-27(50-24-47-3)14-15-28(30)29(33)9-4-5-16-34(31(42)43,32(44)45)17-6-7-19-51-20-8-18-35(37,38)36(39,40)41/h10-15,21,29H,4-9,16-20,22-24H2,1-3H3,(H,42,43)(H,44,45). The molecule has 0 saturated carbocycles. The zero-order chi connectivity index (χ0) is 37.7. The van der Waals surface area contributed by atoms with Crippen molar-refractivity contribution in [3.63, 3.8) is 0 Å². The van der Waals surface area contributed by atoms with Gasteiger partial charge in [0.15, 0.2) is 19.0 Å². The average Bonchev–Trinajstić information content (AvgIpc) is 3.08. The van der Waals surface area contributed by atoms with Crippen molar-refractivity contribution in [3.05, 3.63) is 53.6 Å². The molecule has 9 nitrogen and oxygen atoms in total. The predicted molar refractivity (Wildman–Crippen MR) is 181 cm³/mol. The van der Waals surface area contributed by atoms with Gasteiger partial charge in [-0.25, -0.2) is 0 Å². The molecule has 2 aromatic carbocycles. The third-order valence-electron chi connectivity index (χ3n) is 9.36. The lowest BCUT2D eigenvalue weighted by atomic mass is 9.66. The van der Waals surface area contributed by atoms with E-state index in [4.69, 9.17) is 23.7 Å². The van der Waals surface area contributed by atoms with E-state index in [0.29, 0.717) is 55.3 Å². The van der Waals surface area contributed by atoms with Crippen LogP contribution in [0.2, 0.25) is 0 Å². The summed E-state index contributed by atoms with van der Waals surface area (Å²) in [6.45, 7) is 2.61. The zero-order valence-corrected chi connectivity index (χ0v) is 29.9. The molecule has 2 unspecified atom stereocenters. The Morgan fingerprint density at radius 3 is 1.98 bits per heavy atom. The number of unbranched alkanes of at least 4 members (excludes halogenated alkanes) is 2. The van der Waals surface area contributed by atoms with Gasteiger partial charge in [-0.2, -0.15) is 33.7 Å². The van der Waals surface area contributed by atoms with E-state index in [2.05, 4.69) is 6.92 Å². The van der Waals surface area contributed by atoms with Gasteiger partial charge in [-0.1, -0.05) is 44.4 Å². The fourth-order valence-corrected chi connectivity index (χ4v) is 7.28. The third kappa shape index (κ3) is 11.1. The maximum Gasteiger partial charge on any atom is 0.453 e. The second-order valence-electron chi connectivity index (χ2n) is 12.9. The average molecular weight is 751 g/mol. The number of benzene rings is 2. The second kappa shape index (κ2) is 19.0. The quantitative estimate of drug-likeness (QED) is 0.0494. The summed E-state index contributed by atoms with van der Waals surface area (Å²) in [5, 5.41) is 20.2. The molecule has 2 atom stereocenters. The van der Waals surface area contributed by atoms with Gasteiger partial charge in [0.05, 0.1) is 6.61 Å². The first-order valence-corrected chi connectivity index (χ1v) is 17.9. The Balaban J connectivity index is 1.66. The van der Waals surface area contributed by atoms with Crippen molar-refractivity contribution in [2.24, 2.45) is 5.41 Å². The van der Waals surface area contributed by atoms with E-state index in [1.54, 1.807) is 6.07 Å². The predicted octanol–water partition coefficient (Wildman–Crippen LogP) is 8.68. The number of carboxylic acid groups (broad SMARTS) is 2. The highest BCUT2D eigenvalue weighted by atomic mass is 32.2. The Bertz CT molecular complexity index is 1390. The second-order valence-corrected chi connectivity index (χ2v) is 14.1. The van der Waals surface area contributed by atoms with E-state index in [-0.39, 0.29) is 50.9 Å². The molecule has 0 radical (unpaired) electrons. The number of carboxylic acids is 2. The summed E-state index contributed by atoms with van der Waals surface area (Å²) >= 11 is 1.18. The largest absolute Gasteiger partial charge is 0.492 e. The van der Waals surface area contributed by atoms with Gasteiger partial charge in [-0.3, -0.25) is 9.59 Å². The maximum atomic E-state index is 13.1. The highest BCUT2D eigenvalue weighted by Crippen LogP contribution is 2.50. The molecule has 15 heteroatoms. The zero-order valence-electron chi connectivity index (χ0n) is 29.1. The van der Waals surface area contributed by atoms with Crippen LogP contribution in [0.4, 0.5) is 22.0 Å². The summed E-state index contributed by atoms with van der Waals surface area (Å²) < 4.78 is 90.6. The first-order chi connectivity index (χ1) is 24.1. The van der Waals surface area contributed by atoms with Crippen LogP contribution in [-0.4, -0.2) is 80.2 Å². The number of rotatable bonds is 23. The molecule has 0 aliphatic carbocycles. The third-order valence-corrected chi connectivity index (χ3v) is 10.5. The van der Waals surface area contributed by atoms with Gasteiger partial charge < -0.3 is 33.9 Å². The monoisotopic (exact) mass is 750 g/mol. The topological polar surface area (TPSA) is 121 Å². The molecule has 3 rings (SSSR count). The van der Waals surface area contributed by atoms with Crippen LogP contribution < -0.4 is 14.2 Å². The highest BCUT2D eigenvalue weighted by molar-refractivity contribution is 7.99. The molecule has 0 fully saturated rings. The number of methoxy groups -OCH3 is 2. The molecule has 0 spiro atoms. The van der Waals surface area contributed by atoms with Gasteiger partial charge in [0.25, 0.3) is 0 Å². The normalized spacial score (nSPS) is 17.8. The molecule has 2 aromatic rings. The number of fused-ring (bicyclic) bond motifs is 1. The SMILES string of the molecule is COCOc1ccc(C2(C)COc3cc(OCOC)ccc3C2CCCCC(CCCCSCCCC(F)(F)C(F)(F)F)(C(=O)O)C(=O)O)cc1. The van der Waals surface area contributed by atoms with E-state index in [1.807, 2.05) is 36.4 Å². The lowest BCUT2D eigenvalue weighted by Crippen LogP contribution is -2.41. The molecule has 1 heterocycles. The van der Waals surface area contributed by atoms with Crippen molar-refractivity contribution in [1.82, 2.24) is 0 Å². The van der Waals surface area contributed by atoms with Gasteiger partial charge in [0.1, 0.15) is 17.2 Å². The molecule has 286 valence electrons. The minimum atomic E-state index is -5.58. The van der Waals surface area contributed by atoms with Gasteiger partial charge >= 0.3 is 24.0 Å². The molecule has 0 saturated heterocycles. The van der Waals surface area contributed by atoms with Crippen molar-refractivity contribution in [2.75, 3.05) is 45.9 Å². The molecule has 1 aliphatic heterocycles. The Hall–Kier alpha value is -3.30. The molecule has 0 aromatic heterocycles.